The molecule has 1 rings (SSSR count). The molecule has 1 heterocycles. The fourth-order valence-electron chi connectivity index (χ4n) is 1.16. The van der Waals surface area contributed by atoms with Crippen LogP contribution in [-0.4, -0.2) is 28.5 Å². The molecule has 17 heavy (non-hydrogen) atoms. The molecule has 0 radical (unpaired) electrons. The number of aromatic nitrogens is 2. The summed E-state index contributed by atoms with van der Waals surface area (Å²) in [7, 11) is 0. The van der Waals surface area contributed by atoms with Crippen LogP contribution >= 0.6 is 0 Å². The zero-order valence-corrected chi connectivity index (χ0v) is 10.4. The molecule has 0 spiro atoms. The summed E-state index contributed by atoms with van der Waals surface area (Å²) in [5, 5.41) is 5.72. The zero-order chi connectivity index (χ0) is 12.8. The first kappa shape index (κ1) is 13.2. The van der Waals surface area contributed by atoms with Crippen molar-refractivity contribution >= 4 is 17.7 Å². The highest BCUT2D eigenvalue weighted by molar-refractivity contribution is 5.83. The second-order valence-corrected chi connectivity index (χ2v) is 4.31. The van der Waals surface area contributed by atoms with Crippen LogP contribution in [0.1, 0.15) is 20.8 Å². The van der Waals surface area contributed by atoms with Crippen LogP contribution in [0.5, 0.6) is 0 Å². The third kappa shape index (κ3) is 4.67. The van der Waals surface area contributed by atoms with Crippen molar-refractivity contribution in [1.82, 2.24) is 15.3 Å². The van der Waals surface area contributed by atoms with E-state index >= 15 is 0 Å². The number of anilines is 2. The van der Waals surface area contributed by atoms with Crippen LogP contribution in [-0.2, 0) is 4.79 Å². The van der Waals surface area contributed by atoms with E-state index in [4.69, 9.17) is 5.73 Å². The van der Waals surface area contributed by atoms with Gasteiger partial charge < -0.3 is 16.4 Å². The van der Waals surface area contributed by atoms with Crippen LogP contribution < -0.4 is 16.4 Å². The number of amides is 1. The van der Waals surface area contributed by atoms with Crippen molar-refractivity contribution in [1.29, 1.82) is 0 Å². The van der Waals surface area contributed by atoms with E-state index in [2.05, 4.69) is 20.6 Å². The van der Waals surface area contributed by atoms with Crippen molar-refractivity contribution in [3.8, 4) is 0 Å². The molecular weight excluding hydrogens is 218 g/mol. The summed E-state index contributed by atoms with van der Waals surface area (Å²) in [5.41, 5.74) is 5.52. The number of nitrogen functional groups attached to an aromatic ring is 1. The lowest BCUT2D eigenvalue weighted by atomic mass is 10.2. The molecule has 0 aliphatic heterocycles. The molecule has 1 aromatic heterocycles. The molecule has 6 heteroatoms. The molecule has 0 aromatic carbocycles. The monoisotopic (exact) mass is 237 g/mol. The molecule has 1 aromatic rings. The van der Waals surface area contributed by atoms with E-state index < -0.39 is 6.04 Å². The van der Waals surface area contributed by atoms with Gasteiger partial charge in [-0.15, -0.1) is 0 Å². The molecule has 0 saturated heterocycles. The molecule has 1 atom stereocenters. The molecule has 0 fully saturated rings. The maximum Gasteiger partial charge on any atom is 0.242 e. The molecule has 1 unspecified atom stereocenters. The summed E-state index contributed by atoms with van der Waals surface area (Å²) in [6.07, 6.45) is 1.55. The highest BCUT2D eigenvalue weighted by Crippen LogP contribution is 2.03. The predicted molar refractivity (Wildman–Crippen MR) is 67.4 cm³/mol. The molecule has 1 amide bonds. The first-order valence-electron chi connectivity index (χ1n) is 5.62. The van der Waals surface area contributed by atoms with Crippen LogP contribution in [0.15, 0.2) is 12.3 Å². The van der Waals surface area contributed by atoms with E-state index in [0.717, 1.165) is 0 Å². The van der Waals surface area contributed by atoms with Gasteiger partial charge in [-0.1, -0.05) is 13.8 Å². The summed E-state index contributed by atoms with van der Waals surface area (Å²) in [5.74, 6) is 1.08. The molecule has 4 N–H and O–H groups in total. The van der Waals surface area contributed by atoms with Gasteiger partial charge in [0.25, 0.3) is 0 Å². The SMILES string of the molecule is CC(C)CNC(=O)C(C)Nc1nccc(N)n1. The smallest absolute Gasteiger partial charge is 0.242 e. The third-order valence-electron chi connectivity index (χ3n) is 2.10. The molecule has 0 aliphatic carbocycles. The van der Waals surface area contributed by atoms with Crippen molar-refractivity contribution in [2.24, 2.45) is 5.92 Å². The van der Waals surface area contributed by atoms with E-state index in [0.29, 0.717) is 24.2 Å². The Bertz CT molecular complexity index is 380. The Hall–Kier alpha value is -1.85. The number of carbonyl (C=O) groups is 1. The highest BCUT2D eigenvalue weighted by atomic mass is 16.2. The molecule has 0 bridgehead atoms. The second-order valence-electron chi connectivity index (χ2n) is 4.31. The van der Waals surface area contributed by atoms with Crippen LogP contribution in [0.2, 0.25) is 0 Å². The summed E-state index contributed by atoms with van der Waals surface area (Å²) in [6.45, 7) is 6.49. The second kappa shape index (κ2) is 6.03. The predicted octanol–water partition coefficient (Wildman–Crippen LogP) is 0.631. The fourth-order valence-corrected chi connectivity index (χ4v) is 1.16. The van der Waals surface area contributed by atoms with Gasteiger partial charge in [0.15, 0.2) is 0 Å². The molecule has 6 nitrogen and oxygen atoms in total. The normalized spacial score (nSPS) is 12.2. The fraction of sp³-hybridized carbons (Fsp3) is 0.545. The van der Waals surface area contributed by atoms with Gasteiger partial charge in [0.05, 0.1) is 0 Å². The van der Waals surface area contributed by atoms with Crippen molar-refractivity contribution < 1.29 is 4.79 Å². The quantitative estimate of drug-likeness (QED) is 0.698. The van der Waals surface area contributed by atoms with E-state index in [9.17, 15) is 4.79 Å². The van der Waals surface area contributed by atoms with Crippen LogP contribution in [0.3, 0.4) is 0 Å². The van der Waals surface area contributed by atoms with Crippen LogP contribution in [0, 0.1) is 5.92 Å². The standard InChI is InChI=1S/C11H19N5O/c1-7(2)6-14-10(17)8(3)15-11-13-5-4-9(12)16-11/h4-5,7-8H,6H2,1-3H3,(H,14,17)(H3,12,13,15,16). The van der Waals surface area contributed by atoms with Crippen molar-refractivity contribution in [3.63, 3.8) is 0 Å². The number of hydrogen-bond donors (Lipinski definition) is 3. The number of nitrogens with zero attached hydrogens (tertiary/aromatic N) is 2. The van der Waals surface area contributed by atoms with Gasteiger partial charge in [-0.25, -0.2) is 4.98 Å². The summed E-state index contributed by atoms with van der Waals surface area (Å²) in [4.78, 5) is 19.6. The third-order valence-corrected chi connectivity index (χ3v) is 2.10. The molecule has 94 valence electrons. The largest absolute Gasteiger partial charge is 0.384 e. The van der Waals surface area contributed by atoms with Gasteiger partial charge in [-0.2, -0.15) is 4.98 Å². The Morgan fingerprint density at radius 1 is 1.47 bits per heavy atom. The number of nitrogens with one attached hydrogen (secondary N) is 2. The van der Waals surface area contributed by atoms with Crippen molar-refractivity contribution in [2.75, 3.05) is 17.6 Å². The van der Waals surface area contributed by atoms with E-state index in [1.807, 2.05) is 13.8 Å². The number of rotatable bonds is 5. The van der Waals surface area contributed by atoms with Gasteiger partial charge in [0.2, 0.25) is 11.9 Å². The lowest BCUT2D eigenvalue weighted by Gasteiger charge is -2.15. The first-order chi connectivity index (χ1) is 7.99. The minimum Gasteiger partial charge on any atom is -0.384 e. The average molecular weight is 237 g/mol. The number of nitrogens with two attached hydrogens (primary N) is 1. The minimum atomic E-state index is -0.393. The van der Waals surface area contributed by atoms with E-state index in [1.165, 1.54) is 0 Å². The molecule has 0 saturated carbocycles. The average Bonchev–Trinajstić information content (AvgIpc) is 2.25. The Morgan fingerprint density at radius 3 is 2.76 bits per heavy atom. The topological polar surface area (TPSA) is 92.9 Å². The zero-order valence-electron chi connectivity index (χ0n) is 10.4. The van der Waals surface area contributed by atoms with Crippen LogP contribution in [0.4, 0.5) is 11.8 Å². The van der Waals surface area contributed by atoms with Gasteiger partial charge in [0.1, 0.15) is 11.9 Å². The highest BCUT2D eigenvalue weighted by Gasteiger charge is 2.13. The van der Waals surface area contributed by atoms with Gasteiger partial charge in [-0.3, -0.25) is 4.79 Å². The summed E-state index contributed by atoms with van der Waals surface area (Å²) >= 11 is 0. The van der Waals surface area contributed by atoms with Gasteiger partial charge in [0, 0.05) is 12.7 Å². The van der Waals surface area contributed by atoms with Gasteiger partial charge >= 0.3 is 0 Å². The Balaban J connectivity index is 2.48. The molecule has 0 aliphatic rings. The lowest BCUT2D eigenvalue weighted by molar-refractivity contribution is -0.121. The van der Waals surface area contributed by atoms with Crippen LogP contribution in [0.25, 0.3) is 0 Å². The Morgan fingerprint density at radius 2 is 2.18 bits per heavy atom. The minimum absolute atomic E-state index is 0.0790. The van der Waals surface area contributed by atoms with Crippen molar-refractivity contribution in [2.45, 2.75) is 26.8 Å². The maximum absolute atomic E-state index is 11.7. The van der Waals surface area contributed by atoms with Crippen molar-refractivity contribution in [3.05, 3.63) is 12.3 Å². The van der Waals surface area contributed by atoms with E-state index in [-0.39, 0.29) is 5.91 Å². The summed E-state index contributed by atoms with van der Waals surface area (Å²) in [6, 6.07) is 1.20. The number of hydrogen-bond acceptors (Lipinski definition) is 5. The van der Waals surface area contributed by atoms with Gasteiger partial charge in [-0.05, 0) is 18.9 Å². The molecular formula is C11H19N5O. The number of carbonyl (C=O) groups excluding carboxylic acids is 1. The first-order valence-corrected chi connectivity index (χ1v) is 5.62. The van der Waals surface area contributed by atoms with E-state index in [1.54, 1.807) is 19.2 Å². The summed E-state index contributed by atoms with van der Waals surface area (Å²) < 4.78 is 0. The lowest BCUT2D eigenvalue weighted by Crippen LogP contribution is -2.39. The maximum atomic E-state index is 11.7. The Kier molecular flexibility index (Phi) is 4.68. The Labute approximate surface area is 101 Å².